The standard InChI is InChI=1S/C7H11N3O3/c1-4-8-6(10-9-4)7(2,13)3-5(11)12/h13H,3H2,1-2H3,(H,11,12)(H,8,9,10). The van der Waals surface area contributed by atoms with E-state index >= 15 is 0 Å². The number of hydrogen-bond acceptors (Lipinski definition) is 4. The second-order valence-corrected chi connectivity index (χ2v) is 3.09. The lowest BCUT2D eigenvalue weighted by molar-refractivity contribution is -0.142. The van der Waals surface area contributed by atoms with Gasteiger partial charge in [0.15, 0.2) is 5.82 Å². The van der Waals surface area contributed by atoms with Gasteiger partial charge in [-0.25, -0.2) is 4.98 Å². The summed E-state index contributed by atoms with van der Waals surface area (Å²) in [6.45, 7) is 3.04. The van der Waals surface area contributed by atoms with Gasteiger partial charge in [-0.3, -0.25) is 9.89 Å². The van der Waals surface area contributed by atoms with Gasteiger partial charge in [0.1, 0.15) is 11.4 Å². The molecule has 0 fully saturated rings. The van der Waals surface area contributed by atoms with Gasteiger partial charge in [-0.2, -0.15) is 5.10 Å². The molecule has 0 radical (unpaired) electrons. The number of aryl methyl sites for hydroxylation is 1. The molecule has 1 rings (SSSR count). The molecule has 0 aliphatic carbocycles. The Labute approximate surface area is 74.6 Å². The summed E-state index contributed by atoms with van der Waals surface area (Å²) in [6, 6.07) is 0. The van der Waals surface area contributed by atoms with Gasteiger partial charge in [0.25, 0.3) is 0 Å². The first kappa shape index (κ1) is 9.66. The summed E-state index contributed by atoms with van der Waals surface area (Å²) in [7, 11) is 0. The molecule has 1 heterocycles. The molecule has 1 atom stereocenters. The second-order valence-electron chi connectivity index (χ2n) is 3.09. The lowest BCUT2D eigenvalue weighted by Gasteiger charge is -2.16. The minimum absolute atomic E-state index is 0.104. The van der Waals surface area contributed by atoms with Crippen LogP contribution in [0.3, 0.4) is 0 Å². The van der Waals surface area contributed by atoms with Crippen molar-refractivity contribution in [3.8, 4) is 0 Å². The lowest BCUT2D eigenvalue weighted by Crippen LogP contribution is -2.26. The van der Waals surface area contributed by atoms with Crippen LogP contribution in [0.25, 0.3) is 0 Å². The Kier molecular flexibility index (Phi) is 2.33. The minimum Gasteiger partial charge on any atom is -0.481 e. The Hall–Kier alpha value is -1.43. The lowest BCUT2D eigenvalue weighted by atomic mass is 10.0. The molecule has 0 aromatic carbocycles. The van der Waals surface area contributed by atoms with Crippen LogP contribution in [0.5, 0.6) is 0 Å². The summed E-state index contributed by atoms with van der Waals surface area (Å²) < 4.78 is 0. The van der Waals surface area contributed by atoms with Gasteiger partial charge in [-0.1, -0.05) is 0 Å². The predicted octanol–water partition coefficient (Wildman–Crippen LogP) is -0.205. The maximum absolute atomic E-state index is 10.4. The van der Waals surface area contributed by atoms with Gasteiger partial charge in [0.2, 0.25) is 0 Å². The van der Waals surface area contributed by atoms with Crippen molar-refractivity contribution in [2.75, 3.05) is 0 Å². The Morgan fingerprint density at radius 2 is 2.31 bits per heavy atom. The molecule has 72 valence electrons. The third-order valence-electron chi connectivity index (χ3n) is 1.57. The highest BCUT2D eigenvalue weighted by Gasteiger charge is 2.30. The molecule has 0 bridgehead atoms. The number of aliphatic carboxylic acids is 1. The monoisotopic (exact) mass is 185 g/mol. The third-order valence-corrected chi connectivity index (χ3v) is 1.57. The fraction of sp³-hybridized carbons (Fsp3) is 0.571. The Balaban J connectivity index is 2.86. The highest BCUT2D eigenvalue weighted by atomic mass is 16.4. The molecule has 0 saturated heterocycles. The van der Waals surface area contributed by atoms with Crippen LogP contribution in [-0.4, -0.2) is 31.4 Å². The van der Waals surface area contributed by atoms with Gasteiger partial charge >= 0.3 is 5.97 Å². The van der Waals surface area contributed by atoms with Crippen molar-refractivity contribution in [1.29, 1.82) is 0 Å². The van der Waals surface area contributed by atoms with Crippen molar-refractivity contribution >= 4 is 5.97 Å². The Morgan fingerprint density at radius 3 is 2.69 bits per heavy atom. The largest absolute Gasteiger partial charge is 0.481 e. The molecule has 0 saturated carbocycles. The van der Waals surface area contributed by atoms with Gasteiger partial charge in [-0.05, 0) is 13.8 Å². The molecule has 0 aliphatic rings. The number of H-pyrrole nitrogens is 1. The second kappa shape index (κ2) is 3.14. The van der Waals surface area contributed by atoms with Gasteiger partial charge < -0.3 is 10.2 Å². The van der Waals surface area contributed by atoms with Crippen molar-refractivity contribution < 1.29 is 15.0 Å². The van der Waals surface area contributed by atoms with Crippen molar-refractivity contribution in [2.24, 2.45) is 0 Å². The molecule has 13 heavy (non-hydrogen) atoms. The van der Waals surface area contributed by atoms with E-state index in [4.69, 9.17) is 5.11 Å². The van der Waals surface area contributed by atoms with E-state index in [2.05, 4.69) is 15.2 Å². The number of rotatable bonds is 3. The number of aliphatic hydroxyl groups is 1. The highest BCUT2D eigenvalue weighted by molar-refractivity contribution is 5.68. The Bertz CT molecular complexity index is 319. The summed E-state index contributed by atoms with van der Waals surface area (Å²) in [5.41, 5.74) is -1.52. The topological polar surface area (TPSA) is 99.1 Å². The van der Waals surface area contributed by atoms with E-state index in [0.717, 1.165) is 0 Å². The highest BCUT2D eigenvalue weighted by Crippen LogP contribution is 2.20. The van der Waals surface area contributed by atoms with Crippen LogP contribution in [0.4, 0.5) is 0 Å². The summed E-state index contributed by atoms with van der Waals surface area (Å²) in [6.07, 6.45) is -0.412. The smallest absolute Gasteiger partial charge is 0.306 e. The first-order valence-corrected chi connectivity index (χ1v) is 3.75. The number of carbonyl (C=O) groups is 1. The SMILES string of the molecule is Cc1nc(C(C)(O)CC(=O)O)n[nH]1. The van der Waals surface area contributed by atoms with Crippen molar-refractivity contribution in [1.82, 2.24) is 15.2 Å². The number of carboxylic acid groups (broad SMARTS) is 1. The number of aromatic amines is 1. The van der Waals surface area contributed by atoms with Gasteiger partial charge in [0.05, 0.1) is 6.42 Å². The van der Waals surface area contributed by atoms with E-state index in [9.17, 15) is 9.90 Å². The summed E-state index contributed by atoms with van der Waals surface area (Å²) in [4.78, 5) is 14.2. The van der Waals surface area contributed by atoms with Crippen molar-refractivity contribution in [2.45, 2.75) is 25.9 Å². The average molecular weight is 185 g/mol. The normalized spacial score (nSPS) is 15.3. The zero-order chi connectivity index (χ0) is 10.1. The zero-order valence-corrected chi connectivity index (χ0v) is 7.40. The molecule has 1 unspecified atom stereocenters. The van der Waals surface area contributed by atoms with Gasteiger partial charge in [0, 0.05) is 0 Å². The van der Waals surface area contributed by atoms with E-state index in [1.165, 1.54) is 6.92 Å². The van der Waals surface area contributed by atoms with Gasteiger partial charge in [-0.15, -0.1) is 0 Å². The number of nitrogens with one attached hydrogen (secondary N) is 1. The number of hydrogen-bond donors (Lipinski definition) is 3. The quantitative estimate of drug-likeness (QED) is 0.605. The van der Waals surface area contributed by atoms with Crippen LogP contribution in [0.1, 0.15) is 25.0 Å². The number of carboxylic acids is 1. The fourth-order valence-electron chi connectivity index (χ4n) is 0.957. The van der Waals surface area contributed by atoms with E-state index < -0.39 is 18.0 Å². The molecular formula is C7H11N3O3. The molecule has 1 aromatic heterocycles. The van der Waals surface area contributed by atoms with Crippen LogP contribution in [0.15, 0.2) is 0 Å². The van der Waals surface area contributed by atoms with Crippen LogP contribution in [-0.2, 0) is 10.4 Å². The van der Waals surface area contributed by atoms with Crippen molar-refractivity contribution in [3.63, 3.8) is 0 Å². The summed E-state index contributed by atoms with van der Waals surface area (Å²) in [5, 5.41) is 24.4. The van der Waals surface area contributed by atoms with Crippen LogP contribution in [0, 0.1) is 6.92 Å². The van der Waals surface area contributed by atoms with E-state index in [0.29, 0.717) is 5.82 Å². The molecule has 1 aromatic rings. The van der Waals surface area contributed by atoms with Crippen LogP contribution >= 0.6 is 0 Å². The first-order valence-electron chi connectivity index (χ1n) is 3.75. The molecule has 0 aliphatic heterocycles. The summed E-state index contributed by atoms with van der Waals surface area (Å²) >= 11 is 0. The van der Waals surface area contributed by atoms with Crippen LogP contribution in [0.2, 0.25) is 0 Å². The fourth-order valence-corrected chi connectivity index (χ4v) is 0.957. The zero-order valence-electron chi connectivity index (χ0n) is 7.40. The van der Waals surface area contributed by atoms with Crippen LogP contribution < -0.4 is 0 Å². The maximum atomic E-state index is 10.4. The van der Waals surface area contributed by atoms with Crippen molar-refractivity contribution in [3.05, 3.63) is 11.6 Å². The summed E-state index contributed by atoms with van der Waals surface area (Å²) in [5.74, 6) is -0.444. The molecule has 3 N–H and O–H groups in total. The molecule has 6 nitrogen and oxygen atoms in total. The molecule has 0 amide bonds. The van der Waals surface area contributed by atoms with E-state index in [1.807, 2.05) is 0 Å². The maximum Gasteiger partial charge on any atom is 0.306 e. The predicted molar refractivity (Wildman–Crippen MR) is 42.9 cm³/mol. The molecule has 0 spiro atoms. The average Bonchev–Trinajstić information content (AvgIpc) is 2.32. The molecular weight excluding hydrogens is 174 g/mol. The number of aromatic nitrogens is 3. The van der Waals surface area contributed by atoms with E-state index in [-0.39, 0.29) is 5.82 Å². The molecule has 6 heteroatoms. The first-order chi connectivity index (χ1) is 5.92. The third kappa shape index (κ3) is 2.25. The van der Waals surface area contributed by atoms with E-state index in [1.54, 1.807) is 6.92 Å². The number of nitrogens with zero attached hydrogens (tertiary/aromatic N) is 2. The Morgan fingerprint density at radius 1 is 1.69 bits per heavy atom. The minimum atomic E-state index is -1.52.